The lowest BCUT2D eigenvalue weighted by Crippen LogP contribution is -2.27. The third-order valence-electron chi connectivity index (χ3n) is 3.58. The predicted octanol–water partition coefficient (Wildman–Crippen LogP) is 1.46. The molecule has 1 aliphatic heterocycles. The number of carbonyl (C=O) groups is 1. The number of benzene rings is 1. The Bertz CT molecular complexity index is 428. The quantitative estimate of drug-likeness (QED) is 0.746. The fraction of sp³-hybridized carbons (Fsp3) is 0.562. The lowest BCUT2D eigenvalue weighted by Gasteiger charge is -2.22. The Morgan fingerprint density at radius 1 is 1.29 bits per heavy atom. The summed E-state index contributed by atoms with van der Waals surface area (Å²) >= 11 is 0. The van der Waals surface area contributed by atoms with E-state index in [0.717, 1.165) is 38.0 Å². The number of nitrogens with two attached hydrogens (primary N) is 1. The van der Waals surface area contributed by atoms with Crippen molar-refractivity contribution in [3.63, 3.8) is 0 Å². The van der Waals surface area contributed by atoms with E-state index in [-0.39, 0.29) is 5.91 Å². The monoisotopic (exact) mass is 292 g/mol. The van der Waals surface area contributed by atoms with Crippen LogP contribution >= 0.6 is 0 Å². The molecule has 0 aromatic heterocycles. The molecule has 21 heavy (non-hydrogen) atoms. The van der Waals surface area contributed by atoms with Gasteiger partial charge in [0.25, 0.3) is 5.91 Å². The second-order valence-electron chi connectivity index (χ2n) is 5.19. The van der Waals surface area contributed by atoms with Crippen LogP contribution in [0.3, 0.4) is 0 Å². The summed E-state index contributed by atoms with van der Waals surface area (Å²) < 4.78 is 11.0. The third kappa shape index (κ3) is 5.46. The van der Waals surface area contributed by atoms with Crippen LogP contribution in [0.15, 0.2) is 24.3 Å². The maximum Gasteiger partial charge on any atom is 0.251 e. The van der Waals surface area contributed by atoms with Gasteiger partial charge in [0.2, 0.25) is 0 Å². The highest BCUT2D eigenvalue weighted by molar-refractivity contribution is 5.94. The molecule has 0 aliphatic carbocycles. The molecule has 0 radical (unpaired) electrons. The number of hydrogen-bond donors (Lipinski definition) is 2. The molecule has 2 rings (SSSR count). The zero-order valence-electron chi connectivity index (χ0n) is 12.3. The van der Waals surface area contributed by atoms with Gasteiger partial charge in [-0.25, -0.2) is 0 Å². The molecule has 3 N–H and O–H groups in total. The molecule has 1 aliphatic rings. The molecule has 0 bridgehead atoms. The Kier molecular flexibility index (Phi) is 6.66. The standard InChI is InChI=1S/C16H24N2O3/c17-12-13-2-4-14(5-3-13)16(19)18-8-1-9-21-15-6-10-20-11-7-15/h2-5,15H,1,6-12,17H2,(H,18,19). The minimum atomic E-state index is -0.0513. The summed E-state index contributed by atoms with van der Waals surface area (Å²) in [7, 11) is 0. The largest absolute Gasteiger partial charge is 0.381 e. The second-order valence-corrected chi connectivity index (χ2v) is 5.19. The predicted molar refractivity (Wildman–Crippen MR) is 81.1 cm³/mol. The average Bonchev–Trinajstić information content (AvgIpc) is 2.55. The summed E-state index contributed by atoms with van der Waals surface area (Å²) in [6.45, 7) is 3.38. The molecule has 1 saturated heterocycles. The van der Waals surface area contributed by atoms with Crippen LogP contribution in [-0.4, -0.2) is 38.4 Å². The van der Waals surface area contributed by atoms with Gasteiger partial charge in [0.1, 0.15) is 0 Å². The number of ether oxygens (including phenoxy) is 2. The van der Waals surface area contributed by atoms with Gasteiger partial charge in [0.15, 0.2) is 0 Å². The molecular formula is C16H24N2O3. The van der Waals surface area contributed by atoms with Crippen molar-refractivity contribution in [2.45, 2.75) is 31.9 Å². The molecule has 116 valence electrons. The van der Waals surface area contributed by atoms with Crippen LogP contribution in [0.5, 0.6) is 0 Å². The van der Waals surface area contributed by atoms with E-state index in [1.54, 1.807) is 12.1 Å². The molecule has 5 nitrogen and oxygen atoms in total. The van der Waals surface area contributed by atoms with Crippen LogP contribution in [0.4, 0.5) is 0 Å². The Morgan fingerprint density at radius 3 is 2.67 bits per heavy atom. The zero-order chi connectivity index (χ0) is 14.9. The summed E-state index contributed by atoms with van der Waals surface area (Å²) in [6.07, 6.45) is 3.09. The summed E-state index contributed by atoms with van der Waals surface area (Å²) in [5, 5.41) is 2.90. The lowest BCUT2D eigenvalue weighted by atomic mass is 10.1. The van der Waals surface area contributed by atoms with Gasteiger partial charge in [-0.05, 0) is 37.0 Å². The average molecular weight is 292 g/mol. The van der Waals surface area contributed by atoms with E-state index in [4.69, 9.17) is 15.2 Å². The van der Waals surface area contributed by atoms with Crippen LogP contribution in [0.2, 0.25) is 0 Å². The summed E-state index contributed by atoms with van der Waals surface area (Å²) in [6, 6.07) is 7.36. The van der Waals surface area contributed by atoms with Gasteiger partial charge in [-0.3, -0.25) is 4.79 Å². The molecule has 1 amide bonds. The number of carbonyl (C=O) groups excluding carboxylic acids is 1. The molecule has 1 aromatic rings. The topological polar surface area (TPSA) is 73.6 Å². The maximum absolute atomic E-state index is 11.9. The van der Waals surface area contributed by atoms with Gasteiger partial charge < -0.3 is 20.5 Å². The van der Waals surface area contributed by atoms with Crippen molar-refractivity contribution in [3.05, 3.63) is 35.4 Å². The van der Waals surface area contributed by atoms with Crippen molar-refractivity contribution in [2.24, 2.45) is 5.73 Å². The fourth-order valence-corrected chi connectivity index (χ4v) is 2.26. The van der Waals surface area contributed by atoms with E-state index in [1.165, 1.54) is 0 Å². The van der Waals surface area contributed by atoms with Crippen LogP contribution in [0.25, 0.3) is 0 Å². The first kappa shape index (κ1) is 15.9. The van der Waals surface area contributed by atoms with Gasteiger partial charge in [-0.1, -0.05) is 12.1 Å². The molecule has 5 heteroatoms. The van der Waals surface area contributed by atoms with Crippen molar-refractivity contribution in [1.82, 2.24) is 5.32 Å². The lowest BCUT2D eigenvalue weighted by molar-refractivity contribution is -0.0321. The first-order valence-electron chi connectivity index (χ1n) is 7.56. The number of rotatable bonds is 7. The fourth-order valence-electron chi connectivity index (χ4n) is 2.26. The Balaban J connectivity index is 1.60. The maximum atomic E-state index is 11.9. The van der Waals surface area contributed by atoms with Crippen LogP contribution in [0.1, 0.15) is 35.2 Å². The van der Waals surface area contributed by atoms with Gasteiger partial charge in [-0.2, -0.15) is 0 Å². The first-order chi connectivity index (χ1) is 10.3. The summed E-state index contributed by atoms with van der Waals surface area (Å²) in [5.41, 5.74) is 7.22. The number of nitrogens with one attached hydrogen (secondary N) is 1. The molecule has 1 fully saturated rings. The highest BCUT2D eigenvalue weighted by Gasteiger charge is 2.13. The number of hydrogen-bond acceptors (Lipinski definition) is 4. The molecule has 1 aromatic carbocycles. The van der Waals surface area contributed by atoms with Crippen molar-refractivity contribution in [2.75, 3.05) is 26.4 Å². The highest BCUT2D eigenvalue weighted by Crippen LogP contribution is 2.10. The molecule has 0 saturated carbocycles. The van der Waals surface area contributed by atoms with Crippen LogP contribution in [0, 0.1) is 0 Å². The van der Waals surface area contributed by atoms with Gasteiger partial charge in [-0.15, -0.1) is 0 Å². The van der Waals surface area contributed by atoms with Crippen LogP contribution < -0.4 is 11.1 Å². The number of amides is 1. The highest BCUT2D eigenvalue weighted by atomic mass is 16.5. The Morgan fingerprint density at radius 2 is 2.00 bits per heavy atom. The molecule has 0 unspecified atom stereocenters. The van der Waals surface area contributed by atoms with E-state index in [9.17, 15) is 4.79 Å². The molecule has 0 spiro atoms. The summed E-state index contributed by atoms with van der Waals surface area (Å²) in [4.78, 5) is 11.9. The Labute approximate surface area is 125 Å². The summed E-state index contributed by atoms with van der Waals surface area (Å²) in [5.74, 6) is -0.0513. The second kappa shape index (κ2) is 8.77. The van der Waals surface area contributed by atoms with Crippen molar-refractivity contribution in [3.8, 4) is 0 Å². The zero-order valence-corrected chi connectivity index (χ0v) is 12.3. The van der Waals surface area contributed by atoms with E-state index >= 15 is 0 Å². The molecule has 0 atom stereocenters. The van der Waals surface area contributed by atoms with E-state index in [2.05, 4.69) is 5.32 Å². The van der Waals surface area contributed by atoms with E-state index < -0.39 is 0 Å². The van der Waals surface area contributed by atoms with Gasteiger partial charge in [0.05, 0.1) is 6.10 Å². The van der Waals surface area contributed by atoms with Gasteiger partial charge >= 0.3 is 0 Å². The molecular weight excluding hydrogens is 268 g/mol. The third-order valence-corrected chi connectivity index (χ3v) is 3.58. The van der Waals surface area contributed by atoms with E-state index in [1.807, 2.05) is 12.1 Å². The first-order valence-corrected chi connectivity index (χ1v) is 7.56. The Hall–Kier alpha value is -1.43. The van der Waals surface area contributed by atoms with Crippen molar-refractivity contribution in [1.29, 1.82) is 0 Å². The van der Waals surface area contributed by atoms with Crippen molar-refractivity contribution >= 4 is 5.91 Å². The smallest absolute Gasteiger partial charge is 0.251 e. The normalized spacial score (nSPS) is 15.9. The molecule has 1 heterocycles. The minimum absolute atomic E-state index is 0.0513. The van der Waals surface area contributed by atoms with Gasteiger partial charge in [0, 0.05) is 38.5 Å². The van der Waals surface area contributed by atoms with Crippen LogP contribution in [-0.2, 0) is 16.0 Å². The van der Waals surface area contributed by atoms with E-state index in [0.29, 0.717) is 31.4 Å². The minimum Gasteiger partial charge on any atom is -0.381 e. The van der Waals surface area contributed by atoms with Crippen molar-refractivity contribution < 1.29 is 14.3 Å². The SMILES string of the molecule is NCc1ccc(C(=O)NCCCOC2CCOCC2)cc1.